The van der Waals surface area contributed by atoms with Crippen molar-refractivity contribution in [2.24, 2.45) is 0 Å². The third-order valence-electron chi connectivity index (χ3n) is 2.50. The molecule has 0 unspecified atom stereocenters. The number of nitrogens with two attached hydrogens (primary N) is 1. The topological polar surface area (TPSA) is 83.2 Å². The number of aromatic nitrogens is 3. The summed E-state index contributed by atoms with van der Waals surface area (Å²) in [6, 6.07) is 6.15. The summed E-state index contributed by atoms with van der Waals surface area (Å²) in [7, 11) is 2.98. The molecule has 0 amide bonds. The maximum absolute atomic E-state index is 5.99. The molecular weight excluding hydrogens is 336 g/mol. The minimum atomic E-state index is 0.218. The third kappa shape index (κ3) is 4.56. The highest BCUT2D eigenvalue weighted by molar-refractivity contribution is 9.10. The van der Waals surface area contributed by atoms with Crippen LogP contribution in [-0.2, 0) is 6.42 Å². The van der Waals surface area contributed by atoms with Gasteiger partial charge in [0.05, 0.1) is 14.2 Å². The van der Waals surface area contributed by atoms with E-state index in [4.69, 9.17) is 15.2 Å². The first-order chi connectivity index (χ1) is 10.1. The normalized spacial score (nSPS) is 9.57. The standard InChI is InChI=1S/C12H13BrN4O2.C2H6/c1-18-11-15-9(16-12(17-11)19-2)6-7-4-3-5-8(13)10(7)14;1-2/h3-5H,6,14H2,1-2H3;1-2H3. The van der Waals surface area contributed by atoms with Crippen LogP contribution in [0.3, 0.4) is 0 Å². The van der Waals surface area contributed by atoms with Crippen LogP contribution in [0.4, 0.5) is 5.69 Å². The highest BCUT2D eigenvalue weighted by atomic mass is 79.9. The second-order valence-electron chi connectivity index (χ2n) is 3.71. The average molecular weight is 355 g/mol. The fraction of sp³-hybridized carbons (Fsp3) is 0.357. The first-order valence-corrected chi connectivity index (χ1v) is 7.29. The smallest absolute Gasteiger partial charge is 0.322 e. The van der Waals surface area contributed by atoms with Crippen LogP contribution in [0, 0.1) is 0 Å². The van der Waals surface area contributed by atoms with Crippen molar-refractivity contribution in [3.8, 4) is 12.0 Å². The molecule has 6 nitrogen and oxygen atoms in total. The molecule has 2 rings (SSSR count). The van der Waals surface area contributed by atoms with Gasteiger partial charge in [-0.3, -0.25) is 0 Å². The summed E-state index contributed by atoms with van der Waals surface area (Å²) < 4.78 is 10.9. The fourth-order valence-electron chi connectivity index (χ4n) is 1.55. The molecule has 0 aliphatic rings. The monoisotopic (exact) mass is 354 g/mol. The van der Waals surface area contributed by atoms with Gasteiger partial charge >= 0.3 is 12.0 Å². The molecule has 21 heavy (non-hydrogen) atoms. The molecule has 0 aliphatic carbocycles. The number of methoxy groups -OCH3 is 2. The number of hydrogen-bond acceptors (Lipinski definition) is 6. The molecule has 2 N–H and O–H groups in total. The molecule has 0 bridgehead atoms. The predicted octanol–water partition coefficient (Wildman–Crippen LogP) is 2.85. The van der Waals surface area contributed by atoms with Gasteiger partial charge in [-0.1, -0.05) is 26.0 Å². The van der Waals surface area contributed by atoms with Crippen LogP contribution in [0.25, 0.3) is 0 Å². The zero-order chi connectivity index (χ0) is 15.8. The summed E-state index contributed by atoms with van der Waals surface area (Å²) >= 11 is 3.39. The molecule has 0 fully saturated rings. The highest BCUT2D eigenvalue weighted by Crippen LogP contribution is 2.24. The van der Waals surface area contributed by atoms with Crippen LogP contribution >= 0.6 is 15.9 Å². The van der Waals surface area contributed by atoms with E-state index < -0.39 is 0 Å². The van der Waals surface area contributed by atoms with Crippen LogP contribution in [0.1, 0.15) is 25.2 Å². The number of hydrogen-bond donors (Lipinski definition) is 1. The van der Waals surface area contributed by atoms with Crippen LogP contribution in [0.5, 0.6) is 12.0 Å². The molecular formula is C14H19BrN4O2. The van der Waals surface area contributed by atoms with E-state index in [0.29, 0.717) is 17.9 Å². The van der Waals surface area contributed by atoms with Crippen molar-refractivity contribution in [1.82, 2.24) is 15.0 Å². The lowest BCUT2D eigenvalue weighted by Crippen LogP contribution is -2.05. The molecule has 0 atom stereocenters. The van der Waals surface area contributed by atoms with E-state index in [2.05, 4.69) is 30.9 Å². The number of ether oxygens (including phenoxy) is 2. The van der Waals surface area contributed by atoms with E-state index in [1.807, 2.05) is 32.0 Å². The van der Waals surface area contributed by atoms with Crippen molar-refractivity contribution in [2.75, 3.05) is 20.0 Å². The summed E-state index contributed by atoms with van der Waals surface area (Å²) in [4.78, 5) is 12.3. The second kappa shape index (κ2) is 8.41. The lowest BCUT2D eigenvalue weighted by molar-refractivity contribution is 0.337. The van der Waals surface area contributed by atoms with Gasteiger partial charge in [-0.15, -0.1) is 4.98 Å². The largest absolute Gasteiger partial charge is 0.467 e. The van der Waals surface area contributed by atoms with Crippen molar-refractivity contribution < 1.29 is 9.47 Å². The molecule has 2 aromatic rings. The second-order valence-corrected chi connectivity index (χ2v) is 4.57. The average Bonchev–Trinajstić information content (AvgIpc) is 2.53. The quantitative estimate of drug-likeness (QED) is 0.850. The Balaban J connectivity index is 0.00000106. The van der Waals surface area contributed by atoms with Crippen LogP contribution in [0.2, 0.25) is 0 Å². The first kappa shape index (κ1) is 17.2. The minimum absolute atomic E-state index is 0.218. The van der Waals surface area contributed by atoms with Crippen molar-refractivity contribution >= 4 is 21.6 Å². The van der Waals surface area contributed by atoms with Gasteiger partial charge in [0.2, 0.25) is 0 Å². The highest BCUT2D eigenvalue weighted by Gasteiger charge is 2.10. The summed E-state index contributed by atoms with van der Waals surface area (Å²) in [5, 5.41) is 0. The number of rotatable bonds is 4. The Morgan fingerprint density at radius 3 is 2.14 bits per heavy atom. The van der Waals surface area contributed by atoms with Crippen molar-refractivity contribution in [2.45, 2.75) is 20.3 Å². The van der Waals surface area contributed by atoms with Gasteiger partial charge < -0.3 is 15.2 Å². The van der Waals surface area contributed by atoms with E-state index in [9.17, 15) is 0 Å². The van der Waals surface area contributed by atoms with Gasteiger partial charge in [-0.25, -0.2) is 0 Å². The SMILES string of the molecule is CC.COc1nc(Cc2cccc(Br)c2N)nc(OC)n1. The molecule has 0 saturated carbocycles. The fourth-order valence-corrected chi connectivity index (χ4v) is 1.95. The maximum Gasteiger partial charge on any atom is 0.322 e. The molecule has 1 aromatic carbocycles. The number of nitrogens with zero attached hydrogens (tertiary/aromatic N) is 3. The van der Waals surface area contributed by atoms with Crippen LogP contribution in [0.15, 0.2) is 22.7 Å². The summed E-state index contributed by atoms with van der Waals surface area (Å²) in [5.41, 5.74) is 7.58. The van der Waals surface area contributed by atoms with Gasteiger partial charge in [0, 0.05) is 16.6 Å². The number of anilines is 1. The summed E-state index contributed by atoms with van der Waals surface area (Å²) in [6.45, 7) is 4.00. The van der Waals surface area contributed by atoms with E-state index in [1.54, 1.807) is 0 Å². The molecule has 1 heterocycles. The zero-order valence-corrected chi connectivity index (χ0v) is 14.1. The molecule has 1 aromatic heterocycles. The summed E-state index contributed by atoms with van der Waals surface area (Å²) in [5.74, 6) is 0.536. The van der Waals surface area contributed by atoms with E-state index in [1.165, 1.54) is 14.2 Å². The van der Waals surface area contributed by atoms with Gasteiger partial charge in [0.1, 0.15) is 5.82 Å². The minimum Gasteiger partial charge on any atom is -0.467 e. The van der Waals surface area contributed by atoms with E-state index in [-0.39, 0.29) is 12.0 Å². The van der Waals surface area contributed by atoms with Crippen molar-refractivity contribution in [3.63, 3.8) is 0 Å². The first-order valence-electron chi connectivity index (χ1n) is 6.50. The number of benzene rings is 1. The lowest BCUT2D eigenvalue weighted by atomic mass is 10.1. The molecule has 0 saturated heterocycles. The van der Waals surface area contributed by atoms with Gasteiger partial charge in [0.25, 0.3) is 0 Å². The summed E-state index contributed by atoms with van der Waals surface area (Å²) in [6.07, 6.45) is 0.473. The maximum atomic E-state index is 5.99. The van der Waals surface area contributed by atoms with Crippen molar-refractivity contribution in [3.05, 3.63) is 34.1 Å². The lowest BCUT2D eigenvalue weighted by Gasteiger charge is -2.08. The Morgan fingerprint density at radius 1 is 1.05 bits per heavy atom. The number of halogens is 1. The Bertz CT molecular complexity index is 571. The molecule has 0 spiro atoms. The van der Waals surface area contributed by atoms with Crippen LogP contribution in [-0.4, -0.2) is 29.2 Å². The van der Waals surface area contributed by atoms with E-state index >= 15 is 0 Å². The van der Waals surface area contributed by atoms with Crippen LogP contribution < -0.4 is 15.2 Å². The molecule has 0 aliphatic heterocycles. The van der Waals surface area contributed by atoms with E-state index in [0.717, 1.165) is 10.0 Å². The zero-order valence-electron chi connectivity index (χ0n) is 12.6. The van der Waals surface area contributed by atoms with Gasteiger partial charge in [-0.2, -0.15) is 9.97 Å². The molecule has 114 valence electrons. The Kier molecular flexibility index (Phi) is 6.87. The Labute approximate surface area is 132 Å². The predicted molar refractivity (Wildman–Crippen MR) is 85.6 cm³/mol. The molecule has 0 radical (unpaired) electrons. The number of para-hydroxylation sites is 1. The van der Waals surface area contributed by atoms with Crippen molar-refractivity contribution in [1.29, 1.82) is 0 Å². The third-order valence-corrected chi connectivity index (χ3v) is 3.19. The number of nitrogen functional groups attached to an aromatic ring is 1. The Morgan fingerprint density at radius 2 is 1.62 bits per heavy atom. The van der Waals surface area contributed by atoms with Gasteiger partial charge in [-0.05, 0) is 27.6 Å². The molecule has 7 heteroatoms. The van der Waals surface area contributed by atoms with Gasteiger partial charge in [0.15, 0.2) is 0 Å². The Hall–Kier alpha value is -1.89.